The van der Waals surface area contributed by atoms with Crippen LogP contribution in [0.1, 0.15) is 23.6 Å². The van der Waals surface area contributed by atoms with Crippen LogP contribution in [0, 0.1) is 0 Å². The first-order valence-corrected chi connectivity index (χ1v) is 11.6. The van der Waals surface area contributed by atoms with Gasteiger partial charge in [0.15, 0.2) is 11.5 Å². The summed E-state index contributed by atoms with van der Waals surface area (Å²) in [5, 5.41) is 3.54. The summed E-state index contributed by atoms with van der Waals surface area (Å²) in [7, 11) is 1.60. The van der Waals surface area contributed by atoms with Crippen LogP contribution in [0.5, 0.6) is 17.2 Å². The summed E-state index contributed by atoms with van der Waals surface area (Å²) in [6.45, 7) is 2.52. The molecule has 4 rings (SSSR count). The molecule has 2 amide bonds. The van der Waals surface area contributed by atoms with Gasteiger partial charge < -0.3 is 24.4 Å². The molecule has 7 nitrogen and oxygen atoms in total. The molecule has 3 aromatic rings. The number of fused-ring (bicyclic) bond motifs is 1. The number of nitrogens with one attached hydrogen (secondary N) is 1. The van der Waals surface area contributed by atoms with Crippen molar-refractivity contribution >= 4 is 23.4 Å². The molecule has 0 aromatic heterocycles. The molecule has 0 unspecified atom stereocenters. The largest absolute Gasteiger partial charge is 0.497 e. The summed E-state index contributed by atoms with van der Waals surface area (Å²) in [6.07, 6.45) is 0.160. The third kappa shape index (κ3) is 6.25. The van der Waals surface area contributed by atoms with Gasteiger partial charge in [0.05, 0.1) is 13.5 Å². The van der Waals surface area contributed by atoms with Crippen LogP contribution < -0.4 is 19.5 Å². The van der Waals surface area contributed by atoms with Gasteiger partial charge in [-0.2, -0.15) is 0 Å². The molecule has 1 aliphatic heterocycles. The molecular formula is C27H27ClN2O5. The Kier molecular flexibility index (Phi) is 7.77. The highest BCUT2D eigenvalue weighted by atomic mass is 35.5. The summed E-state index contributed by atoms with van der Waals surface area (Å²) in [5.74, 6) is 1.66. The van der Waals surface area contributed by atoms with E-state index in [1.165, 1.54) is 0 Å². The predicted octanol–water partition coefficient (Wildman–Crippen LogP) is 4.35. The SMILES string of the molecule is COc1ccc(CN(C(=O)Cc2ccc(Cl)cc2)[C@@H](C)C(=O)NCc2ccc3c(c2)OCO3)cc1. The fourth-order valence-electron chi connectivity index (χ4n) is 3.78. The average molecular weight is 495 g/mol. The van der Waals surface area contributed by atoms with Crippen molar-refractivity contribution in [2.45, 2.75) is 32.5 Å². The number of benzene rings is 3. The van der Waals surface area contributed by atoms with Crippen LogP contribution in [0.2, 0.25) is 5.02 Å². The summed E-state index contributed by atoms with van der Waals surface area (Å²) < 4.78 is 16.0. The van der Waals surface area contributed by atoms with Gasteiger partial charge in [0.1, 0.15) is 11.8 Å². The fraction of sp³-hybridized carbons (Fsp3) is 0.259. The van der Waals surface area contributed by atoms with Gasteiger partial charge in [0.2, 0.25) is 18.6 Å². The van der Waals surface area contributed by atoms with Crippen molar-refractivity contribution in [1.29, 1.82) is 0 Å². The highest BCUT2D eigenvalue weighted by Gasteiger charge is 2.26. The number of nitrogens with zero attached hydrogens (tertiary/aromatic N) is 1. The highest BCUT2D eigenvalue weighted by Crippen LogP contribution is 2.32. The Morgan fingerprint density at radius 2 is 1.63 bits per heavy atom. The number of methoxy groups -OCH3 is 1. The lowest BCUT2D eigenvalue weighted by Gasteiger charge is -2.29. The molecule has 1 atom stereocenters. The van der Waals surface area contributed by atoms with Crippen molar-refractivity contribution in [1.82, 2.24) is 10.2 Å². The molecule has 8 heteroatoms. The lowest BCUT2D eigenvalue weighted by atomic mass is 10.1. The van der Waals surface area contributed by atoms with Gasteiger partial charge in [-0.05, 0) is 60.0 Å². The summed E-state index contributed by atoms with van der Waals surface area (Å²) in [4.78, 5) is 28.0. The Bertz CT molecular complexity index is 1180. The molecular weight excluding hydrogens is 468 g/mol. The minimum Gasteiger partial charge on any atom is -0.497 e. The van der Waals surface area contributed by atoms with E-state index in [1.54, 1.807) is 31.1 Å². The van der Waals surface area contributed by atoms with E-state index in [1.807, 2.05) is 54.6 Å². The first-order valence-electron chi connectivity index (χ1n) is 11.3. The quantitative estimate of drug-likeness (QED) is 0.478. The molecule has 0 saturated carbocycles. The third-order valence-electron chi connectivity index (χ3n) is 5.85. The summed E-state index contributed by atoms with van der Waals surface area (Å²) in [6, 6.07) is 19.4. The van der Waals surface area contributed by atoms with Gasteiger partial charge in [-0.3, -0.25) is 9.59 Å². The van der Waals surface area contributed by atoms with Crippen LogP contribution in [-0.2, 0) is 29.1 Å². The smallest absolute Gasteiger partial charge is 0.242 e. The first-order chi connectivity index (χ1) is 16.9. The highest BCUT2D eigenvalue weighted by molar-refractivity contribution is 6.30. The third-order valence-corrected chi connectivity index (χ3v) is 6.10. The molecule has 0 spiro atoms. The zero-order chi connectivity index (χ0) is 24.8. The van der Waals surface area contributed by atoms with Gasteiger partial charge in [-0.25, -0.2) is 0 Å². The molecule has 0 fully saturated rings. The van der Waals surface area contributed by atoms with E-state index in [0.29, 0.717) is 23.1 Å². The fourth-order valence-corrected chi connectivity index (χ4v) is 3.90. The molecule has 0 radical (unpaired) electrons. The lowest BCUT2D eigenvalue weighted by Crippen LogP contribution is -2.47. The van der Waals surface area contributed by atoms with Crippen LogP contribution in [0.4, 0.5) is 0 Å². The maximum absolute atomic E-state index is 13.3. The number of rotatable bonds is 9. The number of carbonyl (C=O) groups is 2. The second-order valence-electron chi connectivity index (χ2n) is 8.25. The molecule has 35 heavy (non-hydrogen) atoms. The number of hydrogen-bond donors (Lipinski definition) is 1. The first kappa shape index (κ1) is 24.4. The molecule has 3 aromatic carbocycles. The molecule has 0 saturated heterocycles. The Morgan fingerprint density at radius 1 is 0.971 bits per heavy atom. The number of carbonyl (C=O) groups excluding carboxylic acids is 2. The van der Waals surface area contributed by atoms with Gasteiger partial charge in [0, 0.05) is 18.1 Å². The summed E-state index contributed by atoms with van der Waals surface area (Å²) in [5.41, 5.74) is 2.60. The van der Waals surface area contributed by atoms with Crippen molar-refractivity contribution < 1.29 is 23.8 Å². The van der Waals surface area contributed by atoms with Crippen molar-refractivity contribution in [2.75, 3.05) is 13.9 Å². The Balaban J connectivity index is 1.46. The zero-order valence-electron chi connectivity index (χ0n) is 19.6. The van der Waals surface area contributed by atoms with E-state index < -0.39 is 6.04 Å². The number of halogens is 1. The van der Waals surface area contributed by atoms with E-state index >= 15 is 0 Å². The normalized spacial score (nSPS) is 12.7. The number of amides is 2. The van der Waals surface area contributed by atoms with Crippen LogP contribution in [0.15, 0.2) is 66.7 Å². The molecule has 0 aliphatic carbocycles. The van der Waals surface area contributed by atoms with E-state index in [0.717, 1.165) is 22.4 Å². The van der Waals surface area contributed by atoms with E-state index in [9.17, 15) is 9.59 Å². The van der Waals surface area contributed by atoms with Gasteiger partial charge in [0.25, 0.3) is 0 Å². The maximum atomic E-state index is 13.3. The number of hydrogen-bond acceptors (Lipinski definition) is 5. The maximum Gasteiger partial charge on any atom is 0.242 e. The molecule has 0 bridgehead atoms. The second kappa shape index (κ2) is 11.1. The molecule has 1 N–H and O–H groups in total. The monoisotopic (exact) mass is 494 g/mol. The average Bonchev–Trinajstić information content (AvgIpc) is 3.35. The predicted molar refractivity (Wildman–Crippen MR) is 133 cm³/mol. The van der Waals surface area contributed by atoms with Crippen molar-refractivity contribution in [2.24, 2.45) is 0 Å². The minimum absolute atomic E-state index is 0.158. The second-order valence-corrected chi connectivity index (χ2v) is 8.69. The minimum atomic E-state index is -0.689. The van der Waals surface area contributed by atoms with Crippen molar-refractivity contribution in [3.05, 3.63) is 88.4 Å². The lowest BCUT2D eigenvalue weighted by molar-refractivity contribution is -0.140. The topological polar surface area (TPSA) is 77.1 Å². The van der Waals surface area contributed by atoms with Gasteiger partial charge in [-0.1, -0.05) is 41.9 Å². The number of ether oxygens (including phenoxy) is 3. The molecule has 1 heterocycles. The van der Waals surface area contributed by atoms with Crippen molar-refractivity contribution in [3.63, 3.8) is 0 Å². The standard InChI is InChI=1S/C27H27ClN2O5/c1-18(27(32)29-15-21-7-12-24-25(13-21)35-17-34-24)30(16-20-5-10-23(33-2)11-6-20)26(31)14-19-3-8-22(28)9-4-19/h3-13,18H,14-17H2,1-2H3,(H,29,32)/t18-/m0/s1. The Hall–Kier alpha value is -3.71. The zero-order valence-corrected chi connectivity index (χ0v) is 20.4. The van der Waals surface area contributed by atoms with Crippen LogP contribution in [-0.4, -0.2) is 36.7 Å². The van der Waals surface area contributed by atoms with Gasteiger partial charge in [-0.15, -0.1) is 0 Å². The Morgan fingerprint density at radius 3 is 2.34 bits per heavy atom. The van der Waals surface area contributed by atoms with E-state index in [2.05, 4.69) is 5.32 Å². The van der Waals surface area contributed by atoms with Crippen LogP contribution >= 0.6 is 11.6 Å². The van der Waals surface area contributed by atoms with E-state index in [4.69, 9.17) is 25.8 Å². The van der Waals surface area contributed by atoms with Gasteiger partial charge >= 0.3 is 0 Å². The van der Waals surface area contributed by atoms with E-state index in [-0.39, 0.29) is 31.6 Å². The molecule has 1 aliphatic rings. The van der Waals surface area contributed by atoms with Crippen molar-refractivity contribution in [3.8, 4) is 17.2 Å². The van der Waals surface area contributed by atoms with Crippen LogP contribution in [0.25, 0.3) is 0 Å². The molecule has 182 valence electrons. The van der Waals surface area contributed by atoms with Crippen LogP contribution in [0.3, 0.4) is 0 Å². The summed E-state index contributed by atoms with van der Waals surface area (Å²) >= 11 is 5.98. The Labute approximate surface area is 209 Å².